The van der Waals surface area contributed by atoms with E-state index in [2.05, 4.69) is 20.8 Å². The number of fused-ring (bicyclic) bond motifs is 1. The van der Waals surface area contributed by atoms with Gasteiger partial charge < -0.3 is 13.9 Å². The van der Waals surface area contributed by atoms with Crippen LogP contribution in [0.1, 0.15) is 43.6 Å². The summed E-state index contributed by atoms with van der Waals surface area (Å²) >= 11 is 0. The van der Waals surface area contributed by atoms with E-state index in [9.17, 15) is 4.79 Å². The van der Waals surface area contributed by atoms with Crippen LogP contribution >= 0.6 is 0 Å². The van der Waals surface area contributed by atoms with Crippen molar-refractivity contribution < 1.29 is 18.7 Å². The zero-order valence-electron chi connectivity index (χ0n) is 13.1. The minimum Gasteiger partial charge on any atom is -0.463 e. The lowest BCUT2D eigenvalue weighted by molar-refractivity contribution is 0.0527. The zero-order valence-corrected chi connectivity index (χ0v) is 13.1. The van der Waals surface area contributed by atoms with Gasteiger partial charge in [-0.3, -0.25) is 0 Å². The normalized spacial score (nSPS) is 11.8. The summed E-state index contributed by atoms with van der Waals surface area (Å²) in [4.78, 5) is 11.8. The highest BCUT2D eigenvalue weighted by molar-refractivity contribution is 6.03. The van der Waals surface area contributed by atoms with Crippen molar-refractivity contribution >= 4 is 16.9 Å². The molecule has 4 heteroatoms. The Morgan fingerprint density at radius 3 is 2.71 bits per heavy atom. The van der Waals surface area contributed by atoms with Gasteiger partial charge in [-0.15, -0.1) is 0 Å². The van der Waals surface area contributed by atoms with Crippen molar-refractivity contribution in [1.82, 2.24) is 0 Å². The first-order valence-electron chi connectivity index (χ1n) is 7.16. The number of hydrogen-bond acceptors (Lipinski definition) is 4. The molecule has 0 saturated carbocycles. The molecule has 0 amide bonds. The third-order valence-corrected chi connectivity index (χ3v) is 2.94. The first kappa shape index (κ1) is 15.6. The molecular formula is C17H22O4. The van der Waals surface area contributed by atoms with Gasteiger partial charge in [0, 0.05) is 5.39 Å². The third-order valence-electron chi connectivity index (χ3n) is 2.94. The van der Waals surface area contributed by atoms with Gasteiger partial charge in [-0.25, -0.2) is 4.79 Å². The van der Waals surface area contributed by atoms with E-state index in [-0.39, 0.29) is 11.4 Å². The monoisotopic (exact) mass is 290 g/mol. The summed E-state index contributed by atoms with van der Waals surface area (Å²) in [6.45, 7) is 9.76. The van der Waals surface area contributed by atoms with Crippen LogP contribution in [0.25, 0.3) is 11.0 Å². The molecule has 1 aromatic carbocycles. The molecule has 1 aromatic heterocycles. The van der Waals surface area contributed by atoms with Crippen molar-refractivity contribution in [3.05, 3.63) is 35.6 Å². The highest BCUT2D eigenvalue weighted by Crippen LogP contribution is 2.24. The first-order valence-corrected chi connectivity index (χ1v) is 7.16. The number of furan rings is 1. The van der Waals surface area contributed by atoms with Crippen LogP contribution in [-0.4, -0.2) is 19.2 Å². The van der Waals surface area contributed by atoms with Crippen LogP contribution in [0.4, 0.5) is 0 Å². The molecule has 2 aromatic rings. The summed E-state index contributed by atoms with van der Waals surface area (Å²) in [6.07, 6.45) is 1.45. The summed E-state index contributed by atoms with van der Waals surface area (Å²) in [7, 11) is 0. The summed E-state index contributed by atoms with van der Waals surface area (Å²) in [5.74, 6) is -0.354. The van der Waals surface area contributed by atoms with Gasteiger partial charge in [0.15, 0.2) is 0 Å². The third kappa shape index (κ3) is 4.08. The molecule has 0 N–H and O–H groups in total. The fourth-order valence-corrected chi connectivity index (χ4v) is 2.00. The van der Waals surface area contributed by atoms with Crippen LogP contribution in [0.15, 0.2) is 28.9 Å². The molecular weight excluding hydrogens is 268 g/mol. The van der Waals surface area contributed by atoms with Gasteiger partial charge in [-0.05, 0) is 30.0 Å². The van der Waals surface area contributed by atoms with Gasteiger partial charge in [-0.1, -0.05) is 26.8 Å². The summed E-state index contributed by atoms with van der Waals surface area (Å²) in [5, 5.41) is 0.771. The van der Waals surface area contributed by atoms with Gasteiger partial charge in [0.25, 0.3) is 0 Å². The molecule has 0 atom stereocenters. The lowest BCUT2D eigenvalue weighted by Crippen LogP contribution is -2.14. The molecule has 0 fully saturated rings. The van der Waals surface area contributed by atoms with E-state index >= 15 is 0 Å². The molecule has 0 aliphatic heterocycles. The van der Waals surface area contributed by atoms with E-state index in [1.54, 1.807) is 6.92 Å². The second-order valence-electron chi connectivity index (χ2n) is 6.25. The van der Waals surface area contributed by atoms with Crippen molar-refractivity contribution in [3.8, 4) is 0 Å². The number of esters is 1. The van der Waals surface area contributed by atoms with Gasteiger partial charge in [-0.2, -0.15) is 0 Å². The fraction of sp³-hybridized carbons (Fsp3) is 0.471. The van der Waals surface area contributed by atoms with E-state index in [0.29, 0.717) is 31.0 Å². The molecule has 1 heterocycles. The van der Waals surface area contributed by atoms with Gasteiger partial charge in [0.05, 0.1) is 19.8 Å². The second kappa shape index (κ2) is 6.31. The SMILES string of the molecule is CCOC(=O)c1coc2cc(COCC(C)(C)C)ccc12. The average Bonchev–Trinajstić information content (AvgIpc) is 2.80. The van der Waals surface area contributed by atoms with E-state index in [4.69, 9.17) is 13.9 Å². The second-order valence-corrected chi connectivity index (χ2v) is 6.25. The van der Waals surface area contributed by atoms with E-state index in [1.165, 1.54) is 6.26 Å². The van der Waals surface area contributed by atoms with E-state index < -0.39 is 0 Å². The van der Waals surface area contributed by atoms with Gasteiger partial charge >= 0.3 is 5.97 Å². The molecule has 4 nitrogen and oxygen atoms in total. The predicted molar refractivity (Wildman–Crippen MR) is 81.3 cm³/mol. The Balaban J connectivity index is 2.11. The highest BCUT2D eigenvalue weighted by Gasteiger charge is 2.15. The molecule has 0 saturated heterocycles. The van der Waals surface area contributed by atoms with Crippen molar-refractivity contribution in [2.45, 2.75) is 34.3 Å². The molecule has 0 spiro atoms. The zero-order chi connectivity index (χ0) is 15.5. The maximum Gasteiger partial charge on any atom is 0.342 e. The van der Waals surface area contributed by atoms with Crippen molar-refractivity contribution in [2.75, 3.05) is 13.2 Å². The minimum absolute atomic E-state index is 0.145. The first-order chi connectivity index (χ1) is 9.90. The Morgan fingerprint density at radius 2 is 2.05 bits per heavy atom. The molecule has 0 unspecified atom stereocenters. The van der Waals surface area contributed by atoms with Crippen LogP contribution in [0.5, 0.6) is 0 Å². The molecule has 0 aliphatic carbocycles. The average molecular weight is 290 g/mol. The number of carbonyl (C=O) groups is 1. The smallest absolute Gasteiger partial charge is 0.342 e. The quantitative estimate of drug-likeness (QED) is 0.775. The number of ether oxygens (including phenoxy) is 2. The Bertz CT molecular complexity index is 619. The summed E-state index contributed by atoms with van der Waals surface area (Å²) in [5.41, 5.74) is 2.31. The number of benzene rings is 1. The van der Waals surface area contributed by atoms with E-state index in [1.807, 2.05) is 18.2 Å². The Morgan fingerprint density at radius 1 is 1.29 bits per heavy atom. The molecule has 114 valence electrons. The van der Waals surface area contributed by atoms with Crippen molar-refractivity contribution in [3.63, 3.8) is 0 Å². The van der Waals surface area contributed by atoms with Crippen molar-refractivity contribution in [1.29, 1.82) is 0 Å². The van der Waals surface area contributed by atoms with Gasteiger partial charge in [0.1, 0.15) is 17.4 Å². The fourth-order valence-electron chi connectivity index (χ4n) is 2.00. The lowest BCUT2D eigenvalue weighted by atomic mass is 9.99. The van der Waals surface area contributed by atoms with E-state index in [0.717, 1.165) is 10.9 Å². The predicted octanol–water partition coefficient (Wildman–Crippen LogP) is 4.17. The lowest BCUT2D eigenvalue weighted by Gasteiger charge is -2.17. The van der Waals surface area contributed by atoms with Crippen LogP contribution in [-0.2, 0) is 16.1 Å². The Labute approximate surface area is 125 Å². The number of rotatable bonds is 5. The van der Waals surface area contributed by atoms with Crippen molar-refractivity contribution in [2.24, 2.45) is 5.41 Å². The maximum absolute atomic E-state index is 11.8. The Hall–Kier alpha value is -1.81. The molecule has 2 rings (SSSR count). The van der Waals surface area contributed by atoms with Crippen LogP contribution < -0.4 is 0 Å². The molecule has 0 aliphatic rings. The van der Waals surface area contributed by atoms with Gasteiger partial charge in [0.2, 0.25) is 0 Å². The highest BCUT2D eigenvalue weighted by atomic mass is 16.5. The van der Waals surface area contributed by atoms with Crippen LogP contribution in [0.2, 0.25) is 0 Å². The molecule has 0 radical (unpaired) electrons. The standard InChI is InChI=1S/C17H22O4/c1-5-20-16(18)14-10-21-15-8-12(6-7-13(14)15)9-19-11-17(2,3)4/h6-8,10H,5,9,11H2,1-4H3. The number of hydrogen-bond donors (Lipinski definition) is 0. The largest absolute Gasteiger partial charge is 0.463 e. The number of carbonyl (C=O) groups excluding carboxylic acids is 1. The Kier molecular flexibility index (Phi) is 4.68. The minimum atomic E-state index is -0.354. The van der Waals surface area contributed by atoms with Crippen LogP contribution in [0, 0.1) is 5.41 Å². The maximum atomic E-state index is 11.8. The summed E-state index contributed by atoms with van der Waals surface area (Å²) < 4.78 is 16.1. The topological polar surface area (TPSA) is 48.7 Å². The van der Waals surface area contributed by atoms with Crippen LogP contribution in [0.3, 0.4) is 0 Å². The summed E-state index contributed by atoms with van der Waals surface area (Å²) in [6, 6.07) is 5.73. The molecule has 0 bridgehead atoms. The molecule has 21 heavy (non-hydrogen) atoms.